The Morgan fingerprint density at radius 3 is 2.58 bits per heavy atom. The van der Waals surface area contributed by atoms with Gasteiger partial charge in [-0.25, -0.2) is 4.79 Å². The first-order valence-electron chi connectivity index (χ1n) is 6.15. The van der Waals surface area contributed by atoms with Crippen molar-refractivity contribution in [1.82, 2.24) is 0 Å². The molecule has 0 fully saturated rings. The molecule has 0 bridgehead atoms. The summed E-state index contributed by atoms with van der Waals surface area (Å²) in [5, 5.41) is 11.3. The maximum absolute atomic E-state index is 11.9. The lowest BCUT2D eigenvalue weighted by Gasteiger charge is -2.15. The maximum Gasteiger partial charge on any atom is 0.341 e. The number of carbonyl (C=O) groups excluding carboxylic acids is 1. The van der Waals surface area contributed by atoms with E-state index in [0.29, 0.717) is 11.4 Å². The molecule has 1 rings (SSSR count). The second kappa shape index (κ2) is 6.78. The molecule has 1 amide bonds. The van der Waals surface area contributed by atoms with Crippen LogP contribution in [0.1, 0.15) is 20.8 Å². The second-order valence-corrected chi connectivity index (χ2v) is 4.73. The molecular formula is C14H19NO4. The van der Waals surface area contributed by atoms with Crippen molar-refractivity contribution in [3.63, 3.8) is 0 Å². The van der Waals surface area contributed by atoms with Crippen LogP contribution in [0.5, 0.6) is 5.75 Å². The van der Waals surface area contributed by atoms with Crippen LogP contribution in [-0.2, 0) is 9.59 Å². The minimum Gasteiger partial charge on any atom is -0.482 e. The van der Waals surface area contributed by atoms with Gasteiger partial charge in [-0.1, -0.05) is 26.8 Å². The first-order chi connectivity index (χ1) is 8.90. The Kier molecular flexibility index (Phi) is 5.36. The zero-order chi connectivity index (χ0) is 14.4. The van der Waals surface area contributed by atoms with Gasteiger partial charge in [0, 0.05) is 17.7 Å². The minimum atomic E-state index is -1.04. The average molecular weight is 265 g/mol. The van der Waals surface area contributed by atoms with E-state index < -0.39 is 12.6 Å². The van der Waals surface area contributed by atoms with E-state index in [-0.39, 0.29) is 17.7 Å². The molecular weight excluding hydrogens is 246 g/mol. The van der Waals surface area contributed by atoms with E-state index in [1.54, 1.807) is 24.3 Å². The number of anilines is 1. The van der Waals surface area contributed by atoms with E-state index in [9.17, 15) is 9.59 Å². The van der Waals surface area contributed by atoms with Crippen molar-refractivity contribution >= 4 is 17.6 Å². The largest absolute Gasteiger partial charge is 0.482 e. The fraction of sp³-hybridized carbons (Fsp3) is 0.429. The van der Waals surface area contributed by atoms with Gasteiger partial charge in [-0.05, 0) is 18.1 Å². The maximum atomic E-state index is 11.9. The lowest BCUT2D eigenvalue weighted by molar-refractivity contribution is -0.139. The highest BCUT2D eigenvalue weighted by Crippen LogP contribution is 2.19. The molecule has 0 aliphatic carbocycles. The molecule has 1 atom stereocenters. The highest BCUT2D eigenvalue weighted by molar-refractivity contribution is 5.92. The normalized spacial score (nSPS) is 12.0. The van der Waals surface area contributed by atoms with E-state index in [1.165, 1.54) is 0 Å². The molecule has 5 heteroatoms. The number of hydrogen-bond donors (Lipinski definition) is 2. The first kappa shape index (κ1) is 15.0. The number of carboxylic acid groups (broad SMARTS) is 1. The van der Waals surface area contributed by atoms with Crippen molar-refractivity contribution in [2.24, 2.45) is 11.8 Å². The molecule has 0 aromatic heterocycles. The van der Waals surface area contributed by atoms with Gasteiger partial charge in [0.1, 0.15) is 5.75 Å². The second-order valence-electron chi connectivity index (χ2n) is 4.73. The summed E-state index contributed by atoms with van der Waals surface area (Å²) in [7, 11) is 0. The summed E-state index contributed by atoms with van der Waals surface area (Å²) in [6, 6.07) is 6.68. The topological polar surface area (TPSA) is 75.6 Å². The molecule has 1 unspecified atom stereocenters. The molecule has 19 heavy (non-hydrogen) atoms. The summed E-state index contributed by atoms with van der Waals surface area (Å²) < 4.78 is 5.05. The Hall–Kier alpha value is -2.04. The van der Waals surface area contributed by atoms with Crippen LogP contribution < -0.4 is 10.1 Å². The predicted molar refractivity (Wildman–Crippen MR) is 72.2 cm³/mol. The van der Waals surface area contributed by atoms with E-state index >= 15 is 0 Å². The van der Waals surface area contributed by atoms with Crippen molar-refractivity contribution in [2.75, 3.05) is 11.9 Å². The van der Waals surface area contributed by atoms with Crippen molar-refractivity contribution in [3.05, 3.63) is 24.3 Å². The monoisotopic (exact) mass is 265 g/mol. The van der Waals surface area contributed by atoms with Gasteiger partial charge in [-0.3, -0.25) is 4.79 Å². The predicted octanol–water partition coefficient (Wildman–Crippen LogP) is 2.38. The van der Waals surface area contributed by atoms with Crippen LogP contribution in [0.3, 0.4) is 0 Å². The fourth-order valence-corrected chi connectivity index (χ4v) is 1.37. The van der Waals surface area contributed by atoms with Gasteiger partial charge in [-0.2, -0.15) is 0 Å². The van der Waals surface area contributed by atoms with Crippen LogP contribution in [0.15, 0.2) is 24.3 Å². The summed E-state index contributed by atoms with van der Waals surface area (Å²) in [5.74, 6) is -0.527. The number of aliphatic carboxylic acids is 1. The number of rotatable bonds is 6. The molecule has 1 aromatic rings. The molecule has 0 saturated heterocycles. The minimum absolute atomic E-state index is 0.0645. The molecule has 0 spiro atoms. The van der Waals surface area contributed by atoms with E-state index in [2.05, 4.69) is 5.32 Å². The van der Waals surface area contributed by atoms with Crippen molar-refractivity contribution in [1.29, 1.82) is 0 Å². The summed E-state index contributed by atoms with van der Waals surface area (Å²) in [6.07, 6.45) is 0. The van der Waals surface area contributed by atoms with Crippen molar-refractivity contribution < 1.29 is 19.4 Å². The van der Waals surface area contributed by atoms with Crippen molar-refractivity contribution in [2.45, 2.75) is 20.8 Å². The highest BCUT2D eigenvalue weighted by atomic mass is 16.5. The Morgan fingerprint density at radius 1 is 1.32 bits per heavy atom. The Balaban J connectivity index is 2.66. The molecule has 5 nitrogen and oxygen atoms in total. The van der Waals surface area contributed by atoms with Crippen LogP contribution in [0.2, 0.25) is 0 Å². The molecule has 0 heterocycles. The number of hydrogen-bond acceptors (Lipinski definition) is 3. The van der Waals surface area contributed by atoms with Gasteiger partial charge in [0.25, 0.3) is 0 Å². The van der Waals surface area contributed by atoms with Crippen LogP contribution >= 0.6 is 0 Å². The quantitative estimate of drug-likeness (QED) is 0.828. The van der Waals surface area contributed by atoms with Gasteiger partial charge < -0.3 is 15.2 Å². The zero-order valence-corrected chi connectivity index (χ0v) is 11.3. The van der Waals surface area contributed by atoms with Crippen LogP contribution in [0, 0.1) is 11.8 Å². The van der Waals surface area contributed by atoms with Gasteiger partial charge in [0.15, 0.2) is 6.61 Å². The molecule has 0 aliphatic heterocycles. The summed E-state index contributed by atoms with van der Waals surface area (Å²) in [5.41, 5.74) is 0.598. The standard InChI is InChI=1S/C14H19NO4/c1-9(2)10(3)14(18)15-11-5-4-6-12(7-11)19-8-13(16)17/h4-7,9-10H,8H2,1-3H3,(H,15,18)(H,16,17). The Labute approximate surface area is 112 Å². The summed E-state index contributed by atoms with van der Waals surface area (Å²) >= 11 is 0. The third kappa shape index (κ3) is 4.99. The Bertz CT molecular complexity index is 457. The SMILES string of the molecule is CC(C)C(C)C(=O)Nc1cccc(OCC(=O)O)c1. The number of nitrogens with one attached hydrogen (secondary N) is 1. The van der Waals surface area contributed by atoms with Gasteiger partial charge in [0.2, 0.25) is 5.91 Å². The lowest BCUT2D eigenvalue weighted by atomic mass is 9.97. The summed E-state index contributed by atoms with van der Waals surface area (Å²) in [4.78, 5) is 22.3. The average Bonchev–Trinajstić information content (AvgIpc) is 2.35. The van der Waals surface area contributed by atoms with Crippen LogP contribution in [-0.4, -0.2) is 23.6 Å². The molecule has 0 aliphatic rings. The molecule has 104 valence electrons. The Morgan fingerprint density at radius 2 is 2.00 bits per heavy atom. The van der Waals surface area contributed by atoms with E-state index in [0.717, 1.165) is 0 Å². The number of carboxylic acids is 1. The van der Waals surface area contributed by atoms with E-state index in [4.69, 9.17) is 9.84 Å². The van der Waals surface area contributed by atoms with Crippen LogP contribution in [0.4, 0.5) is 5.69 Å². The van der Waals surface area contributed by atoms with Crippen LogP contribution in [0.25, 0.3) is 0 Å². The van der Waals surface area contributed by atoms with Gasteiger partial charge in [-0.15, -0.1) is 0 Å². The van der Waals surface area contributed by atoms with E-state index in [1.807, 2.05) is 20.8 Å². The first-order valence-corrected chi connectivity index (χ1v) is 6.15. The third-order valence-electron chi connectivity index (χ3n) is 2.88. The smallest absolute Gasteiger partial charge is 0.341 e. The lowest BCUT2D eigenvalue weighted by Crippen LogP contribution is -2.24. The number of benzene rings is 1. The molecule has 0 saturated carbocycles. The number of ether oxygens (including phenoxy) is 1. The third-order valence-corrected chi connectivity index (χ3v) is 2.88. The zero-order valence-electron chi connectivity index (χ0n) is 11.3. The molecule has 2 N–H and O–H groups in total. The highest BCUT2D eigenvalue weighted by Gasteiger charge is 2.16. The van der Waals surface area contributed by atoms with Gasteiger partial charge >= 0.3 is 5.97 Å². The molecule has 0 radical (unpaired) electrons. The van der Waals surface area contributed by atoms with Crippen molar-refractivity contribution in [3.8, 4) is 5.75 Å². The number of carbonyl (C=O) groups is 2. The molecule has 1 aromatic carbocycles. The van der Waals surface area contributed by atoms with Gasteiger partial charge in [0.05, 0.1) is 0 Å². The fourth-order valence-electron chi connectivity index (χ4n) is 1.37. The summed E-state index contributed by atoms with van der Waals surface area (Å²) in [6.45, 7) is 5.43. The number of amides is 1.